The first-order chi connectivity index (χ1) is 10.4. The van der Waals surface area contributed by atoms with Crippen LogP contribution in [0, 0.1) is 0 Å². The van der Waals surface area contributed by atoms with Gasteiger partial charge in [0.25, 0.3) is 0 Å². The second kappa shape index (κ2) is 5.83. The topological polar surface area (TPSA) is 131 Å². The van der Waals surface area contributed by atoms with E-state index in [-0.39, 0.29) is 53.9 Å². The van der Waals surface area contributed by atoms with E-state index >= 15 is 0 Å². The van der Waals surface area contributed by atoms with Crippen molar-refractivity contribution in [2.24, 2.45) is 0 Å². The maximum atomic E-state index is 12.1. The largest absolute Gasteiger partial charge is 0.508 e. The number of phenols is 4. The van der Waals surface area contributed by atoms with Crippen LogP contribution in [0.3, 0.4) is 0 Å². The molecule has 1 aromatic heterocycles. The van der Waals surface area contributed by atoms with Crippen molar-refractivity contribution in [3.63, 3.8) is 0 Å². The van der Waals surface area contributed by atoms with Crippen molar-refractivity contribution >= 4 is 11.0 Å². The molecule has 3 rings (SSSR count). The number of phenolic OH excluding ortho intramolecular Hbond substituents is 4. The molecule has 23 heavy (non-hydrogen) atoms. The number of benzene rings is 2. The molecule has 0 saturated heterocycles. The molecule has 0 fully saturated rings. The van der Waals surface area contributed by atoms with Gasteiger partial charge >= 0.3 is 0 Å². The molecule has 5 N–H and O–H groups in total. The van der Waals surface area contributed by atoms with Gasteiger partial charge in [0, 0.05) is 37.8 Å². The van der Waals surface area contributed by atoms with Crippen LogP contribution in [0.4, 0.5) is 0 Å². The Balaban J connectivity index is 0.00000192. The number of hydrogen-bond acceptors (Lipinski definition) is 7. The van der Waals surface area contributed by atoms with Crippen LogP contribution in [0.15, 0.2) is 39.5 Å². The number of aromatic hydroxyl groups is 5. The monoisotopic (exact) mass is 495 g/mol. The van der Waals surface area contributed by atoms with Crippen LogP contribution in [-0.2, 0) is 20.1 Å². The van der Waals surface area contributed by atoms with Gasteiger partial charge in [0.1, 0.15) is 22.5 Å². The molecule has 0 spiro atoms. The standard InChI is InChI=1S/C15H10O7.Ir/c16-7-4-10(19)12-11(5-7)22-15(14(21)13(12)20)6-1-2-8(17)9(18)3-6;/h1-5,16-19,21H;. The van der Waals surface area contributed by atoms with Gasteiger partial charge in [-0.3, -0.25) is 4.79 Å². The molecule has 0 saturated carbocycles. The number of fused-ring (bicyclic) bond motifs is 1. The van der Waals surface area contributed by atoms with E-state index in [9.17, 15) is 30.3 Å². The Hall–Kier alpha value is -2.70. The van der Waals surface area contributed by atoms with Gasteiger partial charge in [-0.05, 0) is 18.2 Å². The summed E-state index contributed by atoms with van der Waals surface area (Å²) < 4.78 is 5.35. The Bertz CT molecular complexity index is 962. The van der Waals surface area contributed by atoms with E-state index in [0.717, 1.165) is 24.3 Å². The van der Waals surface area contributed by atoms with Crippen molar-refractivity contribution in [1.82, 2.24) is 0 Å². The summed E-state index contributed by atoms with van der Waals surface area (Å²) in [6.07, 6.45) is 0. The van der Waals surface area contributed by atoms with E-state index in [0.29, 0.717) is 0 Å². The molecule has 8 heteroatoms. The Labute approximate surface area is 142 Å². The fraction of sp³-hybridized carbons (Fsp3) is 0. The smallest absolute Gasteiger partial charge is 0.238 e. The molecule has 0 bridgehead atoms. The SMILES string of the molecule is O=c1c(O)c(-c2ccc(O)c(O)c2)oc2cc(O)cc(O)c12.[Ir]. The van der Waals surface area contributed by atoms with Gasteiger partial charge in [-0.1, -0.05) is 0 Å². The normalized spacial score (nSPS) is 10.4. The van der Waals surface area contributed by atoms with Crippen LogP contribution in [-0.4, -0.2) is 25.5 Å². The van der Waals surface area contributed by atoms with Crippen molar-refractivity contribution in [3.05, 3.63) is 40.6 Å². The van der Waals surface area contributed by atoms with Gasteiger partial charge in [-0.25, -0.2) is 0 Å². The summed E-state index contributed by atoms with van der Waals surface area (Å²) in [5.41, 5.74) is -0.890. The van der Waals surface area contributed by atoms with Gasteiger partial charge in [-0.2, -0.15) is 0 Å². The van der Waals surface area contributed by atoms with E-state index in [2.05, 4.69) is 0 Å². The second-order valence-electron chi connectivity index (χ2n) is 4.65. The van der Waals surface area contributed by atoms with E-state index in [4.69, 9.17) is 4.42 Å². The van der Waals surface area contributed by atoms with Crippen LogP contribution < -0.4 is 5.43 Å². The summed E-state index contributed by atoms with van der Waals surface area (Å²) in [5.74, 6) is -2.71. The Morgan fingerprint density at radius 3 is 2.17 bits per heavy atom. The molecular weight excluding hydrogens is 484 g/mol. The minimum Gasteiger partial charge on any atom is -0.508 e. The van der Waals surface area contributed by atoms with E-state index in [1.165, 1.54) is 6.07 Å². The van der Waals surface area contributed by atoms with Crippen molar-refractivity contribution < 1.29 is 50.1 Å². The number of rotatable bonds is 1. The average molecular weight is 494 g/mol. The maximum absolute atomic E-state index is 12.1. The molecule has 1 heterocycles. The minimum absolute atomic E-state index is 0. The fourth-order valence-electron chi connectivity index (χ4n) is 2.14. The molecule has 0 atom stereocenters. The third-order valence-corrected chi connectivity index (χ3v) is 3.17. The minimum atomic E-state index is -0.888. The number of hydrogen-bond donors (Lipinski definition) is 5. The fourth-order valence-corrected chi connectivity index (χ4v) is 2.14. The predicted molar refractivity (Wildman–Crippen MR) is 76.2 cm³/mol. The zero-order chi connectivity index (χ0) is 16.0. The molecular formula is C15H10IrO7. The van der Waals surface area contributed by atoms with Gasteiger partial charge in [0.05, 0.1) is 0 Å². The Morgan fingerprint density at radius 1 is 0.826 bits per heavy atom. The Morgan fingerprint density at radius 2 is 1.52 bits per heavy atom. The van der Waals surface area contributed by atoms with Crippen LogP contribution >= 0.6 is 0 Å². The molecule has 0 amide bonds. The van der Waals surface area contributed by atoms with Crippen molar-refractivity contribution in [2.75, 3.05) is 0 Å². The third kappa shape index (κ3) is 2.69. The molecule has 121 valence electrons. The quantitative estimate of drug-likeness (QED) is 0.327. The van der Waals surface area contributed by atoms with Gasteiger partial charge < -0.3 is 29.9 Å². The molecule has 3 aromatic rings. The van der Waals surface area contributed by atoms with Crippen LogP contribution in [0.5, 0.6) is 28.7 Å². The van der Waals surface area contributed by atoms with Crippen LogP contribution in [0.2, 0.25) is 0 Å². The molecule has 7 nitrogen and oxygen atoms in total. The molecule has 2 aromatic carbocycles. The van der Waals surface area contributed by atoms with E-state index in [1.807, 2.05) is 0 Å². The molecule has 0 aliphatic rings. The molecule has 0 aliphatic heterocycles. The van der Waals surface area contributed by atoms with Gasteiger partial charge in [0.15, 0.2) is 17.3 Å². The summed E-state index contributed by atoms with van der Waals surface area (Å²) in [5, 5.41) is 47.6. The average Bonchev–Trinajstić information content (AvgIpc) is 2.45. The Kier molecular flexibility index (Phi) is 4.22. The first-order valence-electron chi connectivity index (χ1n) is 6.12. The first-order valence-corrected chi connectivity index (χ1v) is 6.12. The summed E-state index contributed by atoms with van der Waals surface area (Å²) in [6, 6.07) is 5.64. The van der Waals surface area contributed by atoms with E-state index < -0.39 is 22.7 Å². The zero-order valence-corrected chi connectivity index (χ0v) is 13.7. The summed E-state index contributed by atoms with van der Waals surface area (Å²) in [7, 11) is 0. The summed E-state index contributed by atoms with van der Waals surface area (Å²) >= 11 is 0. The summed E-state index contributed by atoms with van der Waals surface area (Å²) in [4.78, 5) is 12.1. The maximum Gasteiger partial charge on any atom is 0.238 e. The van der Waals surface area contributed by atoms with Gasteiger partial charge in [-0.15, -0.1) is 0 Å². The molecule has 1 radical (unpaired) electrons. The van der Waals surface area contributed by atoms with Crippen LogP contribution in [0.1, 0.15) is 0 Å². The first kappa shape index (κ1) is 16.7. The van der Waals surface area contributed by atoms with E-state index in [1.54, 1.807) is 0 Å². The van der Waals surface area contributed by atoms with Crippen molar-refractivity contribution in [3.8, 4) is 40.1 Å². The third-order valence-electron chi connectivity index (χ3n) is 3.17. The second-order valence-corrected chi connectivity index (χ2v) is 4.65. The van der Waals surface area contributed by atoms with Gasteiger partial charge in [0.2, 0.25) is 11.2 Å². The van der Waals surface area contributed by atoms with Crippen molar-refractivity contribution in [2.45, 2.75) is 0 Å². The summed E-state index contributed by atoms with van der Waals surface area (Å²) in [6.45, 7) is 0. The van der Waals surface area contributed by atoms with Crippen LogP contribution in [0.25, 0.3) is 22.3 Å². The molecule has 0 aliphatic carbocycles. The predicted octanol–water partition coefficient (Wildman–Crippen LogP) is 1.99. The van der Waals surface area contributed by atoms with Crippen molar-refractivity contribution in [1.29, 1.82) is 0 Å². The molecule has 0 unspecified atom stereocenters. The zero-order valence-electron chi connectivity index (χ0n) is 11.3.